The van der Waals surface area contributed by atoms with Crippen molar-refractivity contribution in [1.82, 2.24) is 19.3 Å². The van der Waals surface area contributed by atoms with Gasteiger partial charge in [-0.05, 0) is 91.1 Å². The fraction of sp³-hybridized carbons (Fsp3) is 0.314. The minimum absolute atomic E-state index is 0.0177. The molecule has 2 heterocycles. The second kappa shape index (κ2) is 11.3. The number of hydrogen-bond donors (Lipinski definition) is 1. The Balaban J connectivity index is 1.41. The number of carbonyl (C=O) groups is 1. The van der Waals surface area contributed by atoms with Crippen LogP contribution in [0, 0.1) is 17.6 Å². The van der Waals surface area contributed by atoms with Gasteiger partial charge < -0.3 is 5.73 Å². The highest BCUT2D eigenvalue weighted by molar-refractivity contribution is 9.10. The highest BCUT2D eigenvalue weighted by atomic mass is 79.9. The third-order valence-electron chi connectivity index (χ3n) is 9.83. The Hall–Kier alpha value is -4.46. The van der Waals surface area contributed by atoms with Gasteiger partial charge in [0.05, 0.1) is 22.5 Å². The first-order valence-electron chi connectivity index (χ1n) is 15.7. The molecule has 0 spiro atoms. The van der Waals surface area contributed by atoms with E-state index in [9.17, 15) is 27.2 Å². The number of alkyl halides is 4. The van der Waals surface area contributed by atoms with Crippen molar-refractivity contribution in [2.75, 3.05) is 0 Å². The van der Waals surface area contributed by atoms with Crippen LogP contribution in [0.4, 0.5) is 26.3 Å². The molecule has 3 aliphatic carbocycles. The number of nitrogens with two attached hydrogens (primary N) is 1. The van der Waals surface area contributed by atoms with Crippen LogP contribution in [-0.2, 0) is 17.1 Å². The van der Waals surface area contributed by atoms with Crippen LogP contribution in [0.25, 0.3) is 16.6 Å². The summed E-state index contributed by atoms with van der Waals surface area (Å²) in [5.41, 5.74) is 4.79. The fourth-order valence-corrected chi connectivity index (χ4v) is 7.77. The molecule has 2 N–H and O–H groups in total. The molecule has 3 aliphatic rings. The number of halogens is 7. The molecule has 5 aromatic rings. The van der Waals surface area contributed by atoms with E-state index in [0.29, 0.717) is 26.8 Å². The van der Waals surface area contributed by atoms with Crippen LogP contribution < -0.4 is 11.3 Å². The molecule has 1 unspecified atom stereocenters. The van der Waals surface area contributed by atoms with E-state index < -0.39 is 77.1 Å². The van der Waals surface area contributed by atoms with Crippen LogP contribution in [0.1, 0.15) is 83.4 Å². The van der Waals surface area contributed by atoms with Crippen LogP contribution in [-0.4, -0.2) is 25.2 Å². The highest BCUT2D eigenvalue weighted by Gasteiger charge is 2.67. The van der Waals surface area contributed by atoms with Gasteiger partial charge in [0.15, 0.2) is 0 Å². The lowest BCUT2D eigenvalue weighted by molar-refractivity contribution is -0.122. The summed E-state index contributed by atoms with van der Waals surface area (Å²) in [6.07, 6.45) is -1.69. The van der Waals surface area contributed by atoms with Gasteiger partial charge in [-0.1, -0.05) is 28.1 Å². The van der Waals surface area contributed by atoms with Crippen LogP contribution in [0.3, 0.4) is 0 Å². The predicted molar refractivity (Wildman–Crippen MR) is 170 cm³/mol. The first-order chi connectivity index (χ1) is 23.3. The lowest BCUT2D eigenvalue weighted by Crippen LogP contribution is -2.39. The van der Waals surface area contributed by atoms with E-state index in [0.717, 1.165) is 30.5 Å². The molecule has 0 saturated heterocycles. The summed E-state index contributed by atoms with van der Waals surface area (Å²) >= 11 is 3.37. The van der Waals surface area contributed by atoms with Crippen molar-refractivity contribution >= 4 is 32.7 Å². The number of nitrogens with zero attached hydrogens (tertiary/aromatic N) is 4. The molecular formula is C35H26BrF6N5O2. The molecule has 2 fully saturated rings. The van der Waals surface area contributed by atoms with Crippen molar-refractivity contribution in [3.05, 3.63) is 121 Å². The van der Waals surface area contributed by atoms with E-state index in [-0.39, 0.29) is 34.3 Å². The highest BCUT2D eigenvalue weighted by Crippen LogP contribution is 2.68. The molecule has 4 atom stereocenters. The molecule has 0 aliphatic heterocycles. The maximum Gasteiger partial charge on any atom is 0.293 e. The topological polar surface area (TPSA) is 95.8 Å². The van der Waals surface area contributed by atoms with Crippen LogP contribution in [0.15, 0.2) is 69.9 Å². The molecule has 7 nitrogen and oxygen atoms in total. The van der Waals surface area contributed by atoms with Gasteiger partial charge in [-0.3, -0.25) is 14.2 Å². The van der Waals surface area contributed by atoms with Crippen molar-refractivity contribution in [1.29, 1.82) is 0 Å². The number of hydrogen-bond acceptors (Lipinski definition) is 4. The van der Waals surface area contributed by atoms with E-state index >= 15 is 8.78 Å². The molecule has 3 aromatic carbocycles. The predicted octanol–water partition coefficient (Wildman–Crippen LogP) is 7.70. The first kappa shape index (κ1) is 31.8. The largest absolute Gasteiger partial charge is 0.368 e. The van der Waals surface area contributed by atoms with Gasteiger partial charge in [-0.2, -0.15) is 13.9 Å². The lowest BCUT2D eigenvalue weighted by atomic mass is 9.89. The van der Waals surface area contributed by atoms with Gasteiger partial charge in [0.2, 0.25) is 5.91 Å². The normalized spacial score (nSPS) is 20.3. The number of carbonyl (C=O) groups excluding carboxylic acids is 1. The Labute approximate surface area is 282 Å². The maximum atomic E-state index is 15.9. The van der Waals surface area contributed by atoms with Crippen molar-refractivity contribution in [2.45, 2.75) is 61.8 Å². The Morgan fingerprint density at radius 3 is 2.35 bits per heavy atom. The van der Waals surface area contributed by atoms with Crippen molar-refractivity contribution in [3.8, 4) is 5.69 Å². The number of benzene rings is 3. The van der Waals surface area contributed by atoms with Crippen LogP contribution in [0.5, 0.6) is 0 Å². The van der Waals surface area contributed by atoms with Crippen molar-refractivity contribution in [3.63, 3.8) is 0 Å². The van der Waals surface area contributed by atoms with Gasteiger partial charge in [0.25, 0.3) is 17.9 Å². The second-order valence-electron chi connectivity index (χ2n) is 13.0. The number of fused-ring (bicyclic) bond motifs is 4. The molecular weight excluding hydrogens is 716 g/mol. The third-order valence-corrected chi connectivity index (χ3v) is 10.3. The molecule has 2 aromatic heterocycles. The number of aromatic nitrogens is 4. The van der Waals surface area contributed by atoms with E-state index in [1.54, 1.807) is 24.3 Å². The Bertz CT molecular complexity index is 2210. The van der Waals surface area contributed by atoms with Crippen molar-refractivity contribution in [2.24, 2.45) is 11.7 Å². The Morgan fingerprint density at radius 1 is 1.02 bits per heavy atom. The van der Waals surface area contributed by atoms with E-state index in [4.69, 9.17) is 10.7 Å². The van der Waals surface area contributed by atoms with Gasteiger partial charge in [0, 0.05) is 22.0 Å². The van der Waals surface area contributed by atoms with E-state index in [1.165, 1.54) is 10.6 Å². The summed E-state index contributed by atoms with van der Waals surface area (Å²) in [4.78, 5) is 32.7. The first-order valence-corrected chi connectivity index (χ1v) is 16.5. The number of amides is 1. The summed E-state index contributed by atoms with van der Waals surface area (Å²) in [5, 5.41) is 4.08. The molecule has 0 bridgehead atoms. The zero-order chi connectivity index (χ0) is 34.5. The molecule has 1 amide bonds. The van der Waals surface area contributed by atoms with Gasteiger partial charge >= 0.3 is 0 Å². The fourth-order valence-electron chi connectivity index (χ4n) is 7.42. The third kappa shape index (κ3) is 5.26. The summed E-state index contributed by atoms with van der Waals surface area (Å²) < 4.78 is 91.9. The minimum atomic E-state index is -3.62. The Morgan fingerprint density at radius 2 is 1.71 bits per heavy atom. The van der Waals surface area contributed by atoms with E-state index in [2.05, 4.69) is 21.0 Å². The maximum absolute atomic E-state index is 15.9. The smallest absolute Gasteiger partial charge is 0.293 e. The number of primary amides is 1. The minimum Gasteiger partial charge on any atom is -0.368 e. The van der Waals surface area contributed by atoms with Crippen molar-refractivity contribution < 1.29 is 31.1 Å². The van der Waals surface area contributed by atoms with E-state index in [1.807, 2.05) is 12.1 Å². The molecule has 49 heavy (non-hydrogen) atoms. The summed E-state index contributed by atoms with van der Waals surface area (Å²) in [6.45, 7) is 0. The van der Waals surface area contributed by atoms with Gasteiger partial charge in [-0.25, -0.2) is 27.2 Å². The summed E-state index contributed by atoms with van der Waals surface area (Å²) in [7, 11) is 0. The number of rotatable bonds is 9. The summed E-state index contributed by atoms with van der Waals surface area (Å²) in [6, 6.07) is 12.5. The van der Waals surface area contributed by atoms with Crippen LogP contribution >= 0.6 is 15.9 Å². The van der Waals surface area contributed by atoms with Gasteiger partial charge in [-0.15, -0.1) is 0 Å². The average Bonchev–Trinajstić information content (AvgIpc) is 3.96. The van der Waals surface area contributed by atoms with Crippen LogP contribution in [0.2, 0.25) is 0 Å². The second-order valence-corrected chi connectivity index (χ2v) is 14.0. The zero-order valence-corrected chi connectivity index (χ0v) is 27.0. The zero-order valence-electron chi connectivity index (χ0n) is 25.4. The van der Waals surface area contributed by atoms with Gasteiger partial charge in [0.1, 0.15) is 34.9 Å². The SMILES string of the molecule is NC(=O)C([C@H](Cc1cc(F)cc(F)c1)c1nc2cc(Br)ccc2c(=O)n1-c1ccc(C2CC2)cc1)n1nc(C(F)F)c2c1C(F)(F)[C@@H]1C[C@H]21. The lowest BCUT2D eigenvalue weighted by Gasteiger charge is -2.30. The molecule has 8 rings (SSSR count). The average molecular weight is 743 g/mol. The Kier molecular flexibility index (Phi) is 7.32. The molecule has 14 heteroatoms. The monoisotopic (exact) mass is 741 g/mol. The molecule has 2 saturated carbocycles. The standard InChI is InChI=1S/C35H26BrF6N5O2/c36-18-5-8-22-26(12-18)44-33(46(34(22)49)21-6-3-17(4-7-21)16-1-2-16)24(11-15-9-19(37)13-20(38)10-15)29(32(43)48)47-30-27(28(45-47)31(39)40)23-14-25(23)35(30,41)42/h3-10,12-13,16,23-25,29,31H,1-2,11,14H2,(H2,43,48)/t23-,24-,25+,29?/m0/s1. The quantitative estimate of drug-likeness (QED) is 0.157. The molecule has 252 valence electrons. The molecule has 0 radical (unpaired) electrons. The summed E-state index contributed by atoms with van der Waals surface area (Å²) in [5.74, 6) is -10.2.